The summed E-state index contributed by atoms with van der Waals surface area (Å²) in [5.41, 5.74) is 0.734. The predicted molar refractivity (Wildman–Crippen MR) is 50.9 cm³/mol. The molecular formula is C11H8NO. The van der Waals surface area contributed by atoms with E-state index in [1.165, 1.54) is 0 Å². The van der Waals surface area contributed by atoms with E-state index in [1.807, 2.05) is 30.3 Å². The van der Waals surface area contributed by atoms with E-state index in [2.05, 4.69) is 6.07 Å². The summed E-state index contributed by atoms with van der Waals surface area (Å²) >= 11 is 0. The number of rotatable bonds is 1. The number of nitrogens with zero attached hydrogens (tertiary/aromatic N) is 1. The lowest BCUT2D eigenvalue weighted by Gasteiger charge is -2.02. The summed E-state index contributed by atoms with van der Waals surface area (Å²) in [4.78, 5) is 11.3. The highest BCUT2D eigenvalue weighted by molar-refractivity contribution is 5.31. The van der Waals surface area contributed by atoms with Crippen molar-refractivity contribution in [3.05, 3.63) is 65.1 Å². The molecule has 0 fully saturated rings. The average Bonchev–Trinajstić information content (AvgIpc) is 2.20. The summed E-state index contributed by atoms with van der Waals surface area (Å²) in [5.74, 6) is 0. The van der Waals surface area contributed by atoms with Gasteiger partial charge >= 0.3 is 0 Å². The second-order valence-corrected chi connectivity index (χ2v) is 2.66. The van der Waals surface area contributed by atoms with Crippen LogP contribution in [0.1, 0.15) is 0 Å². The van der Waals surface area contributed by atoms with Gasteiger partial charge in [0.15, 0.2) is 0 Å². The van der Waals surface area contributed by atoms with Crippen LogP contribution in [0.2, 0.25) is 0 Å². The maximum atomic E-state index is 11.3. The zero-order valence-corrected chi connectivity index (χ0v) is 6.97. The molecule has 2 aromatic rings. The van der Waals surface area contributed by atoms with Crippen molar-refractivity contribution in [1.82, 2.24) is 4.57 Å². The Morgan fingerprint density at radius 1 is 1.08 bits per heavy atom. The SMILES string of the molecule is O=c1[c]cccn1-c1ccccc1. The molecule has 1 radical (unpaired) electrons. The van der Waals surface area contributed by atoms with Crippen LogP contribution < -0.4 is 5.56 Å². The van der Waals surface area contributed by atoms with Gasteiger partial charge in [-0.05, 0) is 24.3 Å². The minimum absolute atomic E-state index is 0.131. The molecular weight excluding hydrogens is 162 g/mol. The molecule has 0 saturated heterocycles. The molecule has 0 spiro atoms. The lowest BCUT2D eigenvalue weighted by molar-refractivity contribution is 0.987. The van der Waals surface area contributed by atoms with Gasteiger partial charge in [0.25, 0.3) is 5.56 Å². The van der Waals surface area contributed by atoms with E-state index in [0.717, 1.165) is 5.69 Å². The average molecular weight is 170 g/mol. The summed E-state index contributed by atoms with van der Waals surface area (Å²) in [5, 5.41) is 0. The molecule has 0 bridgehead atoms. The number of pyridine rings is 1. The zero-order chi connectivity index (χ0) is 9.10. The molecule has 0 N–H and O–H groups in total. The van der Waals surface area contributed by atoms with Gasteiger partial charge in [0.2, 0.25) is 0 Å². The standard InChI is InChI=1S/C11H8NO/c13-11-8-4-5-9-12(11)10-6-2-1-3-7-10/h1-7,9H. The Labute approximate surface area is 76.1 Å². The van der Waals surface area contributed by atoms with Gasteiger partial charge in [0.1, 0.15) is 0 Å². The smallest absolute Gasteiger partial charge is 0.263 e. The minimum Gasteiger partial charge on any atom is -0.284 e. The fourth-order valence-electron chi connectivity index (χ4n) is 1.18. The lowest BCUT2D eigenvalue weighted by atomic mass is 10.3. The molecule has 1 heterocycles. The topological polar surface area (TPSA) is 22.0 Å². The highest BCUT2D eigenvalue weighted by Gasteiger charge is 1.94. The Bertz CT molecular complexity index is 445. The van der Waals surface area contributed by atoms with Crippen LogP contribution in [0, 0.1) is 6.07 Å². The van der Waals surface area contributed by atoms with Gasteiger partial charge in [-0.1, -0.05) is 18.2 Å². The Balaban J connectivity index is 2.60. The molecule has 63 valence electrons. The highest BCUT2D eigenvalue weighted by atomic mass is 16.1. The normalized spacial score (nSPS) is 9.85. The molecule has 0 aliphatic heterocycles. The lowest BCUT2D eigenvalue weighted by Crippen LogP contribution is -2.15. The van der Waals surface area contributed by atoms with E-state index in [4.69, 9.17) is 0 Å². The molecule has 0 aliphatic carbocycles. The Morgan fingerprint density at radius 3 is 2.54 bits per heavy atom. The van der Waals surface area contributed by atoms with E-state index >= 15 is 0 Å². The summed E-state index contributed by atoms with van der Waals surface area (Å²) in [6, 6.07) is 15.5. The second-order valence-electron chi connectivity index (χ2n) is 2.66. The quantitative estimate of drug-likeness (QED) is 0.637. The molecule has 0 atom stereocenters. The van der Waals surface area contributed by atoms with Crippen LogP contribution in [0.15, 0.2) is 53.5 Å². The van der Waals surface area contributed by atoms with Crippen molar-refractivity contribution >= 4 is 0 Å². The fraction of sp³-hybridized carbons (Fsp3) is 0. The summed E-state index contributed by atoms with van der Waals surface area (Å²) < 4.78 is 1.56. The van der Waals surface area contributed by atoms with Gasteiger partial charge < -0.3 is 0 Å². The largest absolute Gasteiger partial charge is 0.284 e. The van der Waals surface area contributed by atoms with Gasteiger partial charge in [-0.3, -0.25) is 9.36 Å². The third-order valence-corrected chi connectivity index (χ3v) is 1.79. The molecule has 1 aromatic carbocycles. The third kappa shape index (κ3) is 1.51. The van der Waals surface area contributed by atoms with Crippen molar-refractivity contribution in [2.24, 2.45) is 0 Å². The second kappa shape index (κ2) is 3.27. The molecule has 2 rings (SSSR count). The minimum atomic E-state index is -0.131. The van der Waals surface area contributed by atoms with Gasteiger partial charge in [0.05, 0.1) is 6.07 Å². The molecule has 0 unspecified atom stereocenters. The van der Waals surface area contributed by atoms with Gasteiger partial charge in [0, 0.05) is 11.9 Å². The molecule has 1 aromatic heterocycles. The number of aromatic nitrogens is 1. The van der Waals surface area contributed by atoms with Gasteiger partial charge in [-0.25, -0.2) is 0 Å². The first-order valence-electron chi connectivity index (χ1n) is 4.03. The molecule has 13 heavy (non-hydrogen) atoms. The van der Waals surface area contributed by atoms with Crippen molar-refractivity contribution in [1.29, 1.82) is 0 Å². The maximum absolute atomic E-state index is 11.3. The Kier molecular flexibility index (Phi) is 1.96. The number of hydrogen-bond donors (Lipinski definition) is 0. The van der Waals surface area contributed by atoms with Crippen LogP contribution in [0.25, 0.3) is 5.69 Å². The summed E-state index contributed by atoms with van der Waals surface area (Å²) in [7, 11) is 0. The molecule has 2 nitrogen and oxygen atoms in total. The van der Waals surface area contributed by atoms with Crippen molar-refractivity contribution in [2.45, 2.75) is 0 Å². The first kappa shape index (κ1) is 7.80. The van der Waals surface area contributed by atoms with Crippen molar-refractivity contribution < 1.29 is 0 Å². The van der Waals surface area contributed by atoms with Crippen molar-refractivity contribution in [2.75, 3.05) is 0 Å². The van der Waals surface area contributed by atoms with Crippen LogP contribution in [0.5, 0.6) is 0 Å². The number of hydrogen-bond acceptors (Lipinski definition) is 1. The van der Waals surface area contributed by atoms with Crippen molar-refractivity contribution in [3.63, 3.8) is 0 Å². The third-order valence-electron chi connectivity index (χ3n) is 1.79. The van der Waals surface area contributed by atoms with Crippen LogP contribution in [0.3, 0.4) is 0 Å². The van der Waals surface area contributed by atoms with E-state index in [-0.39, 0.29) is 5.56 Å². The van der Waals surface area contributed by atoms with Gasteiger partial charge in [-0.15, -0.1) is 0 Å². The van der Waals surface area contributed by atoms with Crippen LogP contribution in [-0.4, -0.2) is 4.57 Å². The van der Waals surface area contributed by atoms with Crippen LogP contribution >= 0.6 is 0 Å². The van der Waals surface area contributed by atoms with E-state index in [0.29, 0.717) is 0 Å². The summed E-state index contributed by atoms with van der Waals surface area (Å²) in [6.07, 6.45) is 1.73. The Hall–Kier alpha value is -1.83. The molecule has 0 saturated carbocycles. The first-order valence-corrected chi connectivity index (χ1v) is 4.03. The summed E-state index contributed by atoms with van der Waals surface area (Å²) in [6.45, 7) is 0. The predicted octanol–water partition coefficient (Wildman–Crippen LogP) is 1.64. The fourth-order valence-corrected chi connectivity index (χ4v) is 1.18. The van der Waals surface area contributed by atoms with Crippen LogP contribution in [-0.2, 0) is 0 Å². The first-order chi connectivity index (χ1) is 6.38. The van der Waals surface area contributed by atoms with Gasteiger partial charge in [-0.2, -0.15) is 0 Å². The van der Waals surface area contributed by atoms with E-state index in [1.54, 1.807) is 22.9 Å². The highest BCUT2D eigenvalue weighted by Crippen LogP contribution is 2.01. The number of benzene rings is 1. The Morgan fingerprint density at radius 2 is 1.85 bits per heavy atom. The van der Waals surface area contributed by atoms with Crippen LogP contribution in [0.4, 0.5) is 0 Å². The maximum Gasteiger partial charge on any atom is 0.263 e. The van der Waals surface area contributed by atoms with Crippen molar-refractivity contribution in [3.8, 4) is 5.69 Å². The monoisotopic (exact) mass is 170 g/mol. The molecule has 2 heteroatoms. The number of para-hydroxylation sites is 1. The zero-order valence-electron chi connectivity index (χ0n) is 6.97. The van der Waals surface area contributed by atoms with E-state index < -0.39 is 0 Å². The molecule has 0 amide bonds. The molecule has 0 aliphatic rings. The van der Waals surface area contributed by atoms with E-state index in [9.17, 15) is 4.79 Å².